The maximum atomic E-state index is 14.1. The fourth-order valence-corrected chi connectivity index (χ4v) is 3.38. The van der Waals surface area contributed by atoms with E-state index < -0.39 is 0 Å². The molecule has 0 radical (unpaired) electrons. The van der Waals surface area contributed by atoms with Gasteiger partial charge in [0.1, 0.15) is 18.2 Å². The highest BCUT2D eigenvalue weighted by Crippen LogP contribution is 2.28. The lowest BCUT2D eigenvalue weighted by Gasteiger charge is -2.32. The van der Waals surface area contributed by atoms with Crippen LogP contribution in [0, 0.1) is 5.82 Å². The maximum Gasteiger partial charge on any atom is 0.158 e. The van der Waals surface area contributed by atoms with Gasteiger partial charge < -0.3 is 9.67 Å². The molecule has 0 spiro atoms. The number of aliphatic hydroxyl groups is 1. The Morgan fingerprint density at radius 1 is 1.39 bits per heavy atom. The molecule has 1 atom stereocenters. The van der Waals surface area contributed by atoms with Gasteiger partial charge in [-0.15, -0.1) is 10.2 Å². The Balaban J connectivity index is 1.73. The quantitative estimate of drug-likeness (QED) is 0.930. The maximum absolute atomic E-state index is 14.1. The van der Waals surface area contributed by atoms with Crippen molar-refractivity contribution in [1.82, 2.24) is 19.7 Å². The first kappa shape index (κ1) is 16.4. The molecule has 1 fully saturated rings. The van der Waals surface area contributed by atoms with Gasteiger partial charge in [0.25, 0.3) is 0 Å². The summed E-state index contributed by atoms with van der Waals surface area (Å²) in [4.78, 5) is 2.22. The van der Waals surface area contributed by atoms with Crippen LogP contribution in [0.4, 0.5) is 4.39 Å². The van der Waals surface area contributed by atoms with E-state index in [2.05, 4.69) is 15.1 Å². The Labute approximate surface area is 139 Å². The summed E-state index contributed by atoms with van der Waals surface area (Å²) in [7, 11) is 1.87. The van der Waals surface area contributed by atoms with Crippen molar-refractivity contribution < 1.29 is 9.50 Å². The standard InChI is InChI=1S/C16H20ClFN4O/c1-21-14(10-23)19-20-16(21)12-5-3-7-22(9-12)8-11-4-2-6-13(17)15(11)18/h2,4,6,12,23H,3,5,7-10H2,1H3. The van der Waals surface area contributed by atoms with Crippen molar-refractivity contribution in [3.8, 4) is 0 Å². The molecule has 5 nitrogen and oxygen atoms in total. The minimum Gasteiger partial charge on any atom is -0.388 e. The number of likely N-dealkylation sites (tertiary alicyclic amines) is 1. The number of hydrogen-bond donors (Lipinski definition) is 1. The third-order valence-corrected chi connectivity index (χ3v) is 4.73. The van der Waals surface area contributed by atoms with Crippen molar-refractivity contribution in [2.75, 3.05) is 13.1 Å². The van der Waals surface area contributed by atoms with E-state index in [4.69, 9.17) is 11.6 Å². The Morgan fingerprint density at radius 3 is 2.96 bits per heavy atom. The van der Waals surface area contributed by atoms with Gasteiger partial charge in [0.05, 0.1) is 5.02 Å². The molecule has 0 saturated carbocycles. The van der Waals surface area contributed by atoms with Crippen molar-refractivity contribution in [1.29, 1.82) is 0 Å². The summed E-state index contributed by atoms with van der Waals surface area (Å²) in [5, 5.41) is 17.6. The first-order valence-electron chi connectivity index (χ1n) is 7.74. The molecule has 7 heteroatoms. The Morgan fingerprint density at radius 2 is 2.22 bits per heavy atom. The van der Waals surface area contributed by atoms with Gasteiger partial charge in [0, 0.05) is 31.6 Å². The summed E-state index contributed by atoms with van der Waals surface area (Å²) in [5.41, 5.74) is 0.618. The van der Waals surface area contributed by atoms with E-state index in [9.17, 15) is 9.50 Å². The average Bonchev–Trinajstić information content (AvgIpc) is 2.93. The number of rotatable bonds is 4. The van der Waals surface area contributed by atoms with Crippen LogP contribution in [0.5, 0.6) is 0 Å². The van der Waals surface area contributed by atoms with Gasteiger partial charge in [-0.3, -0.25) is 4.90 Å². The topological polar surface area (TPSA) is 54.2 Å². The molecule has 1 unspecified atom stereocenters. The molecule has 2 heterocycles. The predicted octanol–water partition coefficient (Wildman–Crippen LogP) is 2.48. The van der Waals surface area contributed by atoms with Gasteiger partial charge in [-0.1, -0.05) is 23.7 Å². The normalized spacial score (nSPS) is 19.2. The average molecular weight is 339 g/mol. The molecule has 124 valence electrons. The SMILES string of the molecule is Cn1c(CO)nnc1C1CCCN(Cc2cccc(Cl)c2F)C1. The highest BCUT2D eigenvalue weighted by molar-refractivity contribution is 6.30. The van der Waals surface area contributed by atoms with E-state index in [1.165, 1.54) is 0 Å². The molecule has 1 N–H and O–H groups in total. The Hall–Kier alpha value is -1.50. The van der Waals surface area contributed by atoms with Gasteiger partial charge in [-0.05, 0) is 25.5 Å². The zero-order valence-electron chi connectivity index (χ0n) is 13.0. The third-order valence-electron chi connectivity index (χ3n) is 4.44. The molecule has 3 rings (SSSR count). The zero-order chi connectivity index (χ0) is 16.4. The van der Waals surface area contributed by atoms with Crippen molar-refractivity contribution in [2.45, 2.75) is 31.9 Å². The molecule has 1 aliphatic rings. The summed E-state index contributed by atoms with van der Waals surface area (Å²) in [5.74, 6) is 1.35. The lowest BCUT2D eigenvalue weighted by atomic mass is 9.96. The minimum absolute atomic E-state index is 0.117. The van der Waals surface area contributed by atoms with Crippen LogP contribution in [0.1, 0.15) is 36.0 Å². The van der Waals surface area contributed by atoms with Crippen LogP contribution in [0.3, 0.4) is 0 Å². The predicted molar refractivity (Wildman–Crippen MR) is 85.6 cm³/mol. The second kappa shape index (κ2) is 6.95. The number of aromatic nitrogens is 3. The highest BCUT2D eigenvalue weighted by atomic mass is 35.5. The van der Waals surface area contributed by atoms with E-state index in [0.29, 0.717) is 17.9 Å². The second-order valence-electron chi connectivity index (χ2n) is 5.98. The molecule has 2 aromatic rings. The van der Waals surface area contributed by atoms with Gasteiger partial charge in [0.15, 0.2) is 5.82 Å². The lowest BCUT2D eigenvalue weighted by molar-refractivity contribution is 0.192. The summed E-state index contributed by atoms with van der Waals surface area (Å²) >= 11 is 5.86. The molecule has 1 aromatic carbocycles. The van der Waals surface area contributed by atoms with Crippen LogP contribution in [-0.4, -0.2) is 37.9 Å². The number of benzene rings is 1. The second-order valence-corrected chi connectivity index (χ2v) is 6.39. The smallest absolute Gasteiger partial charge is 0.158 e. The van der Waals surface area contributed by atoms with E-state index in [-0.39, 0.29) is 23.4 Å². The summed E-state index contributed by atoms with van der Waals surface area (Å²) in [6.45, 7) is 2.14. The first-order chi connectivity index (χ1) is 11.1. The zero-order valence-corrected chi connectivity index (χ0v) is 13.8. The summed E-state index contributed by atoms with van der Waals surface area (Å²) in [6.07, 6.45) is 2.04. The molecule has 0 aliphatic carbocycles. The number of piperidine rings is 1. The first-order valence-corrected chi connectivity index (χ1v) is 8.12. The molecular weight excluding hydrogens is 319 g/mol. The van der Waals surface area contributed by atoms with Crippen LogP contribution < -0.4 is 0 Å². The molecule has 1 aromatic heterocycles. The molecule has 0 bridgehead atoms. The van der Waals surface area contributed by atoms with Gasteiger partial charge in [-0.2, -0.15) is 0 Å². The van der Waals surface area contributed by atoms with Crippen LogP contribution in [-0.2, 0) is 20.2 Å². The number of halogens is 2. The molecule has 1 saturated heterocycles. The fourth-order valence-electron chi connectivity index (χ4n) is 3.19. The van der Waals surface area contributed by atoms with Gasteiger partial charge in [-0.25, -0.2) is 4.39 Å². The van der Waals surface area contributed by atoms with E-state index in [1.54, 1.807) is 18.2 Å². The van der Waals surface area contributed by atoms with E-state index >= 15 is 0 Å². The third kappa shape index (κ3) is 3.39. The highest BCUT2D eigenvalue weighted by Gasteiger charge is 2.26. The molecule has 23 heavy (non-hydrogen) atoms. The Bertz CT molecular complexity index is 691. The summed E-state index contributed by atoms with van der Waals surface area (Å²) in [6, 6.07) is 5.12. The summed E-state index contributed by atoms with van der Waals surface area (Å²) < 4.78 is 15.9. The molecule has 0 amide bonds. The minimum atomic E-state index is -0.336. The largest absolute Gasteiger partial charge is 0.388 e. The number of nitrogens with zero attached hydrogens (tertiary/aromatic N) is 4. The van der Waals surface area contributed by atoms with E-state index in [0.717, 1.165) is 31.8 Å². The van der Waals surface area contributed by atoms with Gasteiger partial charge >= 0.3 is 0 Å². The number of hydrogen-bond acceptors (Lipinski definition) is 4. The Kier molecular flexibility index (Phi) is 4.94. The van der Waals surface area contributed by atoms with Crippen molar-refractivity contribution >= 4 is 11.6 Å². The van der Waals surface area contributed by atoms with Crippen LogP contribution in [0.2, 0.25) is 5.02 Å². The fraction of sp³-hybridized carbons (Fsp3) is 0.500. The monoisotopic (exact) mass is 338 g/mol. The van der Waals surface area contributed by atoms with Crippen LogP contribution >= 0.6 is 11.6 Å². The molecule has 1 aliphatic heterocycles. The lowest BCUT2D eigenvalue weighted by Crippen LogP contribution is -2.35. The molecular formula is C16H20ClFN4O. The number of aliphatic hydroxyl groups excluding tert-OH is 1. The van der Waals surface area contributed by atoms with Crippen molar-refractivity contribution in [3.63, 3.8) is 0 Å². The van der Waals surface area contributed by atoms with Gasteiger partial charge in [0.2, 0.25) is 0 Å². The van der Waals surface area contributed by atoms with Crippen LogP contribution in [0.15, 0.2) is 18.2 Å². The van der Waals surface area contributed by atoms with Crippen molar-refractivity contribution in [3.05, 3.63) is 46.3 Å². The van der Waals surface area contributed by atoms with Crippen LogP contribution in [0.25, 0.3) is 0 Å². The van der Waals surface area contributed by atoms with Crippen molar-refractivity contribution in [2.24, 2.45) is 7.05 Å². The van der Waals surface area contributed by atoms with E-state index in [1.807, 2.05) is 11.6 Å².